The molecular formula is C11H10N2O3. The number of aromatic carboxylic acids is 1. The molecule has 0 bridgehead atoms. The van der Waals surface area contributed by atoms with Gasteiger partial charge in [-0.3, -0.25) is 4.68 Å². The molecule has 0 fully saturated rings. The van der Waals surface area contributed by atoms with Gasteiger partial charge in [-0.1, -0.05) is 0 Å². The van der Waals surface area contributed by atoms with Crippen LogP contribution in [0.25, 0.3) is 0 Å². The Morgan fingerprint density at radius 1 is 1.31 bits per heavy atom. The molecular weight excluding hydrogens is 208 g/mol. The molecule has 0 aliphatic rings. The molecule has 0 radical (unpaired) electrons. The summed E-state index contributed by atoms with van der Waals surface area (Å²) in [5.74, 6) is 0.247. The van der Waals surface area contributed by atoms with Crippen LogP contribution in [0.3, 0.4) is 0 Å². The summed E-state index contributed by atoms with van der Waals surface area (Å²) in [5, 5.41) is 12.7. The first-order valence-electron chi connectivity index (χ1n) is 4.65. The molecule has 16 heavy (non-hydrogen) atoms. The molecule has 82 valence electrons. The van der Waals surface area contributed by atoms with E-state index in [0.717, 1.165) is 0 Å². The molecule has 0 saturated heterocycles. The van der Waals surface area contributed by atoms with Crippen LogP contribution in [-0.2, 0) is 7.05 Å². The lowest BCUT2D eigenvalue weighted by Gasteiger charge is -2.02. The van der Waals surface area contributed by atoms with Gasteiger partial charge in [-0.15, -0.1) is 0 Å². The number of carbonyl (C=O) groups is 1. The van der Waals surface area contributed by atoms with Gasteiger partial charge in [0.25, 0.3) is 0 Å². The second-order valence-electron chi connectivity index (χ2n) is 3.28. The topological polar surface area (TPSA) is 64.3 Å². The summed E-state index contributed by atoms with van der Waals surface area (Å²) in [6.45, 7) is 0. The minimum absolute atomic E-state index is 0.235. The Bertz CT molecular complexity index is 502. The number of hydrogen-bond donors (Lipinski definition) is 1. The fraction of sp³-hybridized carbons (Fsp3) is 0.0909. The number of aryl methyl sites for hydroxylation is 1. The molecule has 1 N–H and O–H groups in total. The van der Waals surface area contributed by atoms with Crippen LogP contribution in [0.5, 0.6) is 11.5 Å². The first-order chi connectivity index (χ1) is 7.65. The van der Waals surface area contributed by atoms with Crippen LogP contribution in [0.15, 0.2) is 36.7 Å². The van der Waals surface area contributed by atoms with Crippen molar-refractivity contribution >= 4 is 5.97 Å². The van der Waals surface area contributed by atoms with E-state index in [1.165, 1.54) is 12.1 Å². The fourth-order valence-corrected chi connectivity index (χ4v) is 1.25. The van der Waals surface area contributed by atoms with Crippen LogP contribution in [0, 0.1) is 0 Å². The lowest BCUT2D eigenvalue weighted by Crippen LogP contribution is -1.95. The van der Waals surface area contributed by atoms with Crippen molar-refractivity contribution in [2.45, 2.75) is 0 Å². The van der Waals surface area contributed by atoms with Gasteiger partial charge in [0.15, 0.2) is 5.75 Å². The Morgan fingerprint density at radius 2 is 2.00 bits per heavy atom. The number of ether oxygens (including phenoxy) is 1. The van der Waals surface area contributed by atoms with Gasteiger partial charge >= 0.3 is 5.97 Å². The molecule has 0 unspecified atom stereocenters. The van der Waals surface area contributed by atoms with Gasteiger partial charge in [-0.2, -0.15) is 5.10 Å². The molecule has 5 heteroatoms. The first kappa shape index (κ1) is 10.2. The second-order valence-corrected chi connectivity index (χ2v) is 3.28. The number of rotatable bonds is 3. The summed E-state index contributed by atoms with van der Waals surface area (Å²) < 4.78 is 7.08. The van der Waals surface area contributed by atoms with Crippen LogP contribution in [0.1, 0.15) is 10.4 Å². The quantitative estimate of drug-likeness (QED) is 0.854. The molecule has 0 aliphatic carbocycles. The molecule has 0 aliphatic heterocycles. The smallest absolute Gasteiger partial charge is 0.335 e. The van der Waals surface area contributed by atoms with E-state index in [1.807, 2.05) is 0 Å². The highest BCUT2D eigenvalue weighted by molar-refractivity contribution is 5.87. The van der Waals surface area contributed by atoms with E-state index in [2.05, 4.69) is 5.10 Å². The molecule has 2 rings (SSSR count). The highest BCUT2D eigenvalue weighted by Crippen LogP contribution is 2.20. The number of aromatic nitrogens is 2. The van der Waals surface area contributed by atoms with Crippen molar-refractivity contribution in [1.29, 1.82) is 0 Å². The lowest BCUT2D eigenvalue weighted by molar-refractivity contribution is 0.0697. The van der Waals surface area contributed by atoms with Gasteiger partial charge in [-0.05, 0) is 24.3 Å². The van der Waals surface area contributed by atoms with E-state index < -0.39 is 5.97 Å². The van der Waals surface area contributed by atoms with E-state index in [9.17, 15) is 4.79 Å². The van der Waals surface area contributed by atoms with Crippen molar-refractivity contribution < 1.29 is 14.6 Å². The fourth-order valence-electron chi connectivity index (χ4n) is 1.25. The predicted octanol–water partition coefficient (Wildman–Crippen LogP) is 1.91. The van der Waals surface area contributed by atoms with E-state index in [1.54, 1.807) is 36.3 Å². The van der Waals surface area contributed by atoms with Crippen LogP contribution in [0.4, 0.5) is 0 Å². The average Bonchev–Trinajstić information content (AvgIpc) is 2.65. The Balaban J connectivity index is 2.14. The largest absolute Gasteiger partial charge is 0.478 e. The minimum Gasteiger partial charge on any atom is -0.478 e. The van der Waals surface area contributed by atoms with Gasteiger partial charge in [0, 0.05) is 7.05 Å². The van der Waals surface area contributed by atoms with E-state index in [0.29, 0.717) is 11.5 Å². The maximum absolute atomic E-state index is 10.6. The number of carboxylic acids is 1. The third kappa shape index (κ3) is 2.20. The van der Waals surface area contributed by atoms with E-state index >= 15 is 0 Å². The zero-order valence-corrected chi connectivity index (χ0v) is 8.62. The lowest BCUT2D eigenvalue weighted by atomic mass is 10.2. The first-order valence-corrected chi connectivity index (χ1v) is 4.65. The average molecular weight is 218 g/mol. The highest BCUT2D eigenvalue weighted by Gasteiger charge is 2.03. The summed E-state index contributed by atoms with van der Waals surface area (Å²) in [6.07, 6.45) is 3.32. The summed E-state index contributed by atoms with van der Waals surface area (Å²) in [6, 6.07) is 6.20. The number of hydrogen-bond acceptors (Lipinski definition) is 3. The van der Waals surface area contributed by atoms with Gasteiger partial charge < -0.3 is 9.84 Å². The normalized spacial score (nSPS) is 10.1. The summed E-state index contributed by atoms with van der Waals surface area (Å²) in [4.78, 5) is 10.6. The Labute approximate surface area is 91.9 Å². The second kappa shape index (κ2) is 4.06. The molecule has 0 spiro atoms. The van der Waals surface area contributed by atoms with Crippen molar-refractivity contribution in [2.75, 3.05) is 0 Å². The predicted molar refractivity (Wildman–Crippen MR) is 56.7 cm³/mol. The molecule has 2 aromatic rings. The van der Waals surface area contributed by atoms with Crippen LogP contribution in [-0.4, -0.2) is 20.9 Å². The van der Waals surface area contributed by atoms with Gasteiger partial charge in [0.1, 0.15) is 5.75 Å². The highest BCUT2D eigenvalue weighted by atomic mass is 16.5. The molecule has 0 amide bonds. The van der Waals surface area contributed by atoms with Crippen molar-refractivity contribution in [3.05, 3.63) is 42.2 Å². The third-order valence-electron chi connectivity index (χ3n) is 2.02. The molecule has 5 nitrogen and oxygen atoms in total. The van der Waals surface area contributed by atoms with Crippen molar-refractivity contribution in [3.8, 4) is 11.5 Å². The van der Waals surface area contributed by atoms with Gasteiger partial charge in [-0.25, -0.2) is 4.79 Å². The van der Waals surface area contributed by atoms with Crippen LogP contribution >= 0.6 is 0 Å². The van der Waals surface area contributed by atoms with Crippen LogP contribution in [0.2, 0.25) is 0 Å². The van der Waals surface area contributed by atoms with Crippen molar-refractivity contribution in [1.82, 2.24) is 9.78 Å². The number of nitrogens with zero attached hydrogens (tertiary/aromatic N) is 2. The Hall–Kier alpha value is -2.30. The molecule has 1 aromatic heterocycles. The minimum atomic E-state index is -0.951. The molecule has 0 saturated carbocycles. The van der Waals surface area contributed by atoms with Crippen LogP contribution < -0.4 is 4.74 Å². The molecule has 1 heterocycles. The Morgan fingerprint density at radius 3 is 2.50 bits per heavy atom. The Kier molecular flexibility index (Phi) is 2.59. The molecule has 1 aromatic carbocycles. The number of benzene rings is 1. The van der Waals surface area contributed by atoms with Gasteiger partial charge in [0.2, 0.25) is 0 Å². The van der Waals surface area contributed by atoms with E-state index in [4.69, 9.17) is 9.84 Å². The maximum atomic E-state index is 10.6. The van der Waals surface area contributed by atoms with E-state index in [-0.39, 0.29) is 5.56 Å². The monoisotopic (exact) mass is 218 g/mol. The van der Waals surface area contributed by atoms with Crippen molar-refractivity contribution in [3.63, 3.8) is 0 Å². The maximum Gasteiger partial charge on any atom is 0.335 e. The summed E-state index contributed by atoms with van der Waals surface area (Å²) in [5.41, 5.74) is 0.235. The van der Waals surface area contributed by atoms with Crippen molar-refractivity contribution in [2.24, 2.45) is 7.05 Å². The molecule has 0 atom stereocenters. The SMILES string of the molecule is Cn1cc(Oc2ccc(C(=O)O)cc2)cn1. The zero-order chi connectivity index (χ0) is 11.5. The third-order valence-corrected chi connectivity index (χ3v) is 2.02. The standard InChI is InChI=1S/C11H10N2O3/c1-13-7-10(6-12-13)16-9-4-2-8(3-5-9)11(14)15/h2-7H,1H3,(H,14,15). The zero-order valence-electron chi connectivity index (χ0n) is 8.62. The van der Waals surface area contributed by atoms with Gasteiger partial charge in [0.05, 0.1) is 18.0 Å². The summed E-state index contributed by atoms with van der Waals surface area (Å²) in [7, 11) is 1.79. The summed E-state index contributed by atoms with van der Waals surface area (Å²) >= 11 is 0. The number of carboxylic acid groups (broad SMARTS) is 1.